The molecule has 0 amide bonds. The first kappa shape index (κ1) is 31.2. The smallest absolute Gasteiger partial charge is 0.171 e. The topological polar surface area (TPSA) is 43.1 Å². The molecule has 0 aliphatic rings. The number of para-hydroxylation sites is 2. The minimum Gasteiger partial charge on any atom is -0.454 e. The quantitative estimate of drug-likeness (QED) is 0.162. The number of hydrogen-bond donors (Lipinski definition) is 0. The van der Waals surface area contributed by atoms with Crippen LogP contribution in [0.5, 0.6) is 0 Å². The zero-order valence-electron chi connectivity index (χ0n) is 28.7. The molecule has 0 bridgehead atoms. The normalized spacial score (nSPS) is 11.8. The largest absolute Gasteiger partial charge is 0.454 e. The number of pyridine rings is 1. The van der Waals surface area contributed by atoms with E-state index in [0.29, 0.717) is 0 Å². The summed E-state index contributed by atoms with van der Waals surface area (Å²) in [5.74, 6) is 0. The summed E-state index contributed by atoms with van der Waals surface area (Å²) in [6.07, 6.45) is 0. The van der Waals surface area contributed by atoms with E-state index in [1.54, 1.807) is 0 Å². The monoisotopic (exact) mass is 697 g/mol. The molecular weight excluding hydrogens is 666 g/mol. The molecule has 4 heteroatoms. The third kappa shape index (κ3) is 5.12. The molecule has 0 N–H and O–H groups in total. The molecule has 0 aliphatic carbocycles. The lowest BCUT2D eigenvalue weighted by Crippen LogP contribution is -2.25. The van der Waals surface area contributed by atoms with Gasteiger partial charge in [-0.25, -0.2) is 4.98 Å². The molecule has 0 aliphatic heterocycles. The van der Waals surface area contributed by atoms with Crippen LogP contribution >= 0.6 is 7.14 Å². The Morgan fingerprint density at radius 3 is 1.77 bits per heavy atom. The second-order valence-corrected chi connectivity index (χ2v) is 16.2. The van der Waals surface area contributed by atoms with Crippen molar-refractivity contribution in [1.82, 2.24) is 4.98 Å². The lowest BCUT2D eigenvalue weighted by Gasteiger charge is -2.20. The zero-order valence-corrected chi connectivity index (χ0v) is 29.6. The standard InChI is InChI=1S/C49H32NO2P/c51-53(37-20-3-1-4-21-37,38-22-5-2-6-23-38)39-24-12-18-35(32-39)34-17-11-19-36(31-34)41-27-14-29-44-46-43-26-9-10-30-45(43)52-49(46)48(50-47(41)44)42-28-13-16-33-15-7-8-25-40(33)42/h1-32H. The number of nitrogens with zero attached hydrogens (tertiary/aromatic N) is 1. The summed E-state index contributed by atoms with van der Waals surface area (Å²) in [4.78, 5) is 5.48. The second-order valence-electron chi connectivity index (χ2n) is 13.4. The van der Waals surface area contributed by atoms with Gasteiger partial charge in [0.2, 0.25) is 0 Å². The third-order valence-corrected chi connectivity index (χ3v) is 13.4. The van der Waals surface area contributed by atoms with Crippen LogP contribution in [-0.4, -0.2) is 4.98 Å². The zero-order chi connectivity index (χ0) is 35.4. The van der Waals surface area contributed by atoms with Gasteiger partial charge in [0.25, 0.3) is 0 Å². The Bertz CT molecular complexity index is 2990. The summed E-state index contributed by atoms with van der Waals surface area (Å²) in [6, 6.07) is 66.0. The Hall–Kier alpha value is -6.54. The van der Waals surface area contributed by atoms with E-state index in [0.717, 1.165) is 93.0 Å². The Labute approximate surface area is 307 Å². The molecule has 2 aromatic heterocycles. The Morgan fingerprint density at radius 2 is 0.981 bits per heavy atom. The van der Waals surface area contributed by atoms with Crippen molar-refractivity contribution in [2.75, 3.05) is 0 Å². The average Bonchev–Trinajstić information content (AvgIpc) is 3.64. The molecule has 2 heterocycles. The van der Waals surface area contributed by atoms with Crippen LogP contribution in [0.15, 0.2) is 199 Å². The highest BCUT2D eigenvalue weighted by Crippen LogP contribution is 2.45. The van der Waals surface area contributed by atoms with Crippen LogP contribution in [0.1, 0.15) is 0 Å². The maximum absolute atomic E-state index is 15.2. The van der Waals surface area contributed by atoms with Gasteiger partial charge in [0, 0.05) is 43.2 Å². The molecule has 0 fully saturated rings. The van der Waals surface area contributed by atoms with Crippen LogP contribution in [0.3, 0.4) is 0 Å². The van der Waals surface area contributed by atoms with Crippen LogP contribution < -0.4 is 15.9 Å². The first-order chi connectivity index (χ1) is 26.2. The first-order valence-corrected chi connectivity index (χ1v) is 19.5. The summed E-state index contributed by atoms with van der Waals surface area (Å²) >= 11 is 0. The van der Waals surface area contributed by atoms with Crippen molar-refractivity contribution < 1.29 is 8.98 Å². The third-order valence-electron chi connectivity index (χ3n) is 10.3. The molecular formula is C49H32NO2P. The fourth-order valence-corrected chi connectivity index (χ4v) is 10.5. The summed E-state index contributed by atoms with van der Waals surface area (Å²) in [6.45, 7) is 0. The summed E-state index contributed by atoms with van der Waals surface area (Å²) in [7, 11) is -3.14. The molecule has 0 spiro atoms. The average molecular weight is 698 g/mol. The Balaban J connectivity index is 1.17. The SMILES string of the molecule is O=P(c1ccccc1)(c1ccccc1)c1cccc(-c2cccc(-c3cccc4c3nc(-c3cccc5ccccc35)c3oc5ccccc5c34)c2)c1. The van der Waals surface area contributed by atoms with Crippen LogP contribution in [0.4, 0.5) is 0 Å². The molecule has 10 aromatic rings. The highest BCUT2D eigenvalue weighted by molar-refractivity contribution is 7.85. The van der Waals surface area contributed by atoms with Crippen molar-refractivity contribution in [3.8, 4) is 33.5 Å². The lowest BCUT2D eigenvalue weighted by molar-refractivity contribution is 0.592. The van der Waals surface area contributed by atoms with Crippen molar-refractivity contribution in [2.24, 2.45) is 0 Å². The fraction of sp³-hybridized carbons (Fsp3) is 0. The molecule has 53 heavy (non-hydrogen) atoms. The molecule has 250 valence electrons. The van der Waals surface area contributed by atoms with E-state index in [-0.39, 0.29) is 0 Å². The van der Waals surface area contributed by atoms with Gasteiger partial charge in [-0.2, -0.15) is 0 Å². The van der Waals surface area contributed by atoms with Crippen LogP contribution in [0.2, 0.25) is 0 Å². The van der Waals surface area contributed by atoms with E-state index in [2.05, 4.69) is 109 Å². The van der Waals surface area contributed by atoms with Gasteiger partial charge in [-0.15, -0.1) is 0 Å². The number of aromatic nitrogens is 1. The van der Waals surface area contributed by atoms with Gasteiger partial charge in [0.15, 0.2) is 12.7 Å². The fourth-order valence-electron chi connectivity index (χ4n) is 7.83. The number of rotatable bonds is 6. The van der Waals surface area contributed by atoms with E-state index >= 15 is 4.57 Å². The highest BCUT2D eigenvalue weighted by Gasteiger charge is 2.30. The number of furan rings is 1. The summed E-state index contributed by atoms with van der Waals surface area (Å²) in [5, 5.41) is 7.91. The van der Waals surface area contributed by atoms with E-state index in [1.165, 1.54) is 0 Å². The van der Waals surface area contributed by atoms with E-state index < -0.39 is 7.14 Å². The molecule has 8 aromatic carbocycles. The predicted octanol–water partition coefficient (Wildman–Crippen LogP) is 11.9. The molecule has 0 radical (unpaired) electrons. The minimum atomic E-state index is -3.14. The van der Waals surface area contributed by atoms with Crippen molar-refractivity contribution >= 4 is 66.7 Å². The van der Waals surface area contributed by atoms with Gasteiger partial charge in [-0.3, -0.25) is 0 Å². The van der Waals surface area contributed by atoms with Gasteiger partial charge in [-0.1, -0.05) is 176 Å². The molecule has 10 rings (SSSR count). The molecule has 0 saturated carbocycles. The minimum absolute atomic E-state index is 0.791. The van der Waals surface area contributed by atoms with Crippen LogP contribution in [0.25, 0.3) is 77.1 Å². The van der Waals surface area contributed by atoms with E-state index in [4.69, 9.17) is 9.40 Å². The molecule has 3 nitrogen and oxygen atoms in total. The summed E-state index contributed by atoms with van der Waals surface area (Å²) < 4.78 is 21.9. The highest BCUT2D eigenvalue weighted by atomic mass is 31.2. The predicted molar refractivity (Wildman–Crippen MR) is 222 cm³/mol. The number of benzene rings is 8. The van der Waals surface area contributed by atoms with Crippen LogP contribution in [0, 0.1) is 0 Å². The number of hydrogen-bond acceptors (Lipinski definition) is 3. The van der Waals surface area contributed by atoms with Crippen molar-refractivity contribution in [3.05, 3.63) is 194 Å². The summed E-state index contributed by atoms with van der Waals surface area (Å²) in [5.41, 5.74) is 8.54. The van der Waals surface area contributed by atoms with Gasteiger partial charge in [0.05, 0.1) is 5.52 Å². The molecule has 0 saturated heterocycles. The second kappa shape index (κ2) is 12.6. The van der Waals surface area contributed by atoms with E-state index in [1.807, 2.05) is 84.9 Å². The van der Waals surface area contributed by atoms with E-state index in [9.17, 15) is 0 Å². The maximum Gasteiger partial charge on any atom is 0.171 e. The van der Waals surface area contributed by atoms with Gasteiger partial charge >= 0.3 is 0 Å². The van der Waals surface area contributed by atoms with Crippen molar-refractivity contribution in [2.45, 2.75) is 0 Å². The number of fused-ring (bicyclic) bond motifs is 6. The van der Waals surface area contributed by atoms with Crippen LogP contribution in [-0.2, 0) is 4.57 Å². The molecule has 0 unspecified atom stereocenters. The molecule has 0 atom stereocenters. The first-order valence-electron chi connectivity index (χ1n) is 17.8. The van der Waals surface area contributed by atoms with Gasteiger partial charge in [0.1, 0.15) is 11.3 Å². The van der Waals surface area contributed by atoms with Crippen molar-refractivity contribution in [3.63, 3.8) is 0 Å². The maximum atomic E-state index is 15.2. The lowest BCUT2D eigenvalue weighted by atomic mass is 9.94. The Kier molecular flexibility index (Phi) is 7.42. The van der Waals surface area contributed by atoms with Crippen molar-refractivity contribution in [1.29, 1.82) is 0 Å². The Morgan fingerprint density at radius 1 is 0.434 bits per heavy atom. The van der Waals surface area contributed by atoms with Gasteiger partial charge < -0.3 is 8.98 Å². The van der Waals surface area contributed by atoms with Gasteiger partial charge in [-0.05, 0) is 45.7 Å².